The van der Waals surface area contributed by atoms with Crippen LogP contribution in [-0.4, -0.2) is 34.5 Å². The molecule has 30 heavy (non-hydrogen) atoms. The maximum absolute atomic E-state index is 13.1. The van der Waals surface area contributed by atoms with E-state index in [0.717, 1.165) is 23.3 Å². The number of nitrogens with zero attached hydrogens (tertiary/aromatic N) is 1. The van der Waals surface area contributed by atoms with Gasteiger partial charge in [0.2, 0.25) is 5.91 Å². The van der Waals surface area contributed by atoms with Gasteiger partial charge in [0.15, 0.2) is 0 Å². The van der Waals surface area contributed by atoms with Crippen molar-refractivity contribution in [2.24, 2.45) is 0 Å². The molecule has 7 heteroatoms. The molecule has 1 aliphatic heterocycles. The Labute approximate surface area is 198 Å². The highest BCUT2D eigenvalue weighted by Crippen LogP contribution is 2.43. The molecule has 3 atom stereocenters. The third kappa shape index (κ3) is 5.66. The van der Waals surface area contributed by atoms with Gasteiger partial charge < -0.3 is 9.64 Å². The zero-order valence-electron chi connectivity index (χ0n) is 17.3. The molecule has 1 unspecified atom stereocenters. The third-order valence-electron chi connectivity index (χ3n) is 5.17. The number of carbonyl (C=O) groups excluding carboxylic acids is 1. The van der Waals surface area contributed by atoms with Crippen LogP contribution in [0.25, 0.3) is 0 Å². The van der Waals surface area contributed by atoms with Gasteiger partial charge in [0, 0.05) is 26.9 Å². The van der Waals surface area contributed by atoms with E-state index in [4.69, 9.17) is 39.5 Å². The molecule has 0 N–H and O–H groups in total. The summed E-state index contributed by atoms with van der Waals surface area (Å²) in [5.74, 6) is 0.864. The van der Waals surface area contributed by atoms with E-state index in [1.807, 2.05) is 53.1 Å². The molecule has 2 aromatic rings. The Kier molecular flexibility index (Phi) is 8.39. The topological polar surface area (TPSA) is 29.5 Å². The summed E-state index contributed by atoms with van der Waals surface area (Å²) in [7, 11) is 0. The molecular formula is C23H26Cl3NO2S. The first kappa shape index (κ1) is 23.7. The lowest BCUT2D eigenvalue weighted by Gasteiger charge is -2.45. The van der Waals surface area contributed by atoms with Crippen molar-refractivity contribution in [2.45, 2.75) is 50.6 Å². The molecular weight excluding hydrogens is 461 g/mol. The lowest BCUT2D eigenvalue weighted by Crippen LogP contribution is -2.51. The Bertz CT molecular complexity index is 855. The van der Waals surface area contributed by atoms with Crippen molar-refractivity contribution in [3.8, 4) is 0 Å². The average molecular weight is 487 g/mol. The predicted molar refractivity (Wildman–Crippen MR) is 128 cm³/mol. The number of hydrogen-bond acceptors (Lipinski definition) is 3. The second-order valence-corrected chi connectivity index (χ2v) is 10.6. The molecule has 1 amide bonds. The Morgan fingerprint density at radius 3 is 2.23 bits per heavy atom. The molecule has 3 rings (SSSR count). The molecule has 0 radical (unpaired) electrons. The quantitative estimate of drug-likeness (QED) is 0.414. The number of carbonyl (C=O) groups is 1. The van der Waals surface area contributed by atoms with E-state index in [-0.39, 0.29) is 30.7 Å². The highest BCUT2D eigenvalue weighted by molar-refractivity contribution is 7.99. The molecule has 0 aromatic heterocycles. The first-order chi connectivity index (χ1) is 14.3. The molecule has 1 saturated heterocycles. The summed E-state index contributed by atoms with van der Waals surface area (Å²) in [5, 5.41) is 2.23. The summed E-state index contributed by atoms with van der Waals surface area (Å²) in [4.78, 5) is 15.1. The minimum Gasteiger partial charge on any atom is -0.361 e. The van der Waals surface area contributed by atoms with Crippen molar-refractivity contribution in [3.05, 3.63) is 68.7 Å². The molecule has 2 aromatic carbocycles. The molecule has 0 bridgehead atoms. The summed E-state index contributed by atoms with van der Waals surface area (Å²) in [6.07, 6.45) is 0.483. The van der Waals surface area contributed by atoms with Gasteiger partial charge in [-0.15, -0.1) is 0 Å². The van der Waals surface area contributed by atoms with Gasteiger partial charge in [-0.05, 0) is 53.1 Å². The van der Waals surface area contributed by atoms with Crippen molar-refractivity contribution in [1.82, 2.24) is 4.90 Å². The summed E-state index contributed by atoms with van der Waals surface area (Å²) in [5.41, 5.74) is 1.83. The Morgan fingerprint density at radius 1 is 1.03 bits per heavy atom. The number of amides is 1. The van der Waals surface area contributed by atoms with Crippen molar-refractivity contribution in [1.29, 1.82) is 0 Å². The second-order valence-electron chi connectivity index (χ2n) is 7.68. The van der Waals surface area contributed by atoms with Crippen LogP contribution in [-0.2, 0) is 9.53 Å². The van der Waals surface area contributed by atoms with E-state index < -0.39 is 0 Å². The van der Waals surface area contributed by atoms with Gasteiger partial charge in [-0.2, -0.15) is 11.8 Å². The van der Waals surface area contributed by atoms with Gasteiger partial charge in [0.25, 0.3) is 0 Å². The van der Waals surface area contributed by atoms with Crippen LogP contribution < -0.4 is 0 Å². The fourth-order valence-electron chi connectivity index (χ4n) is 3.77. The zero-order valence-corrected chi connectivity index (χ0v) is 20.4. The average Bonchev–Trinajstić information content (AvgIpc) is 2.69. The highest BCUT2D eigenvalue weighted by atomic mass is 35.5. The number of benzene rings is 2. The number of halogens is 3. The number of ether oxygens (including phenoxy) is 1. The number of hydrogen-bond donors (Lipinski definition) is 0. The van der Waals surface area contributed by atoms with Crippen molar-refractivity contribution in [3.63, 3.8) is 0 Å². The molecule has 1 fully saturated rings. The molecule has 0 spiro atoms. The van der Waals surface area contributed by atoms with Crippen LogP contribution in [0.2, 0.25) is 15.1 Å². The first-order valence-electron chi connectivity index (χ1n) is 10.1. The summed E-state index contributed by atoms with van der Waals surface area (Å²) < 4.78 is 6.09. The fraction of sp³-hybridized carbons (Fsp3) is 0.435. The Balaban J connectivity index is 2.07. The van der Waals surface area contributed by atoms with Gasteiger partial charge in [-0.1, -0.05) is 67.7 Å². The van der Waals surface area contributed by atoms with Crippen LogP contribution >= 0.6 is 46.6 Å². The fourth-order valence-corrected chi connectivity index (χ4v) is 5.44. The van der Waals surface area contributed by atoms with E-state index in [1.54, 1.807) is 6.07 Å². The lowest BCUT2D eigenvalue weighted by molar-refractivity contribution is -0.162. The van der Waals surface area contributed by atoms with Gasteiger partial charge in [-0.25, -0.2) is 0 Å². The van der Waals surface area contributed by atoms with Crippen LogP contribution in [0.15, 0.2) is 42.5 Å². The largest absolute Gasteiger partial charge is 0.361 e. The third-order valence-corrected chi connectivity index (χ3v) is 7.10. The van der Waals surface area contributed by atoms with E-state index in [2.05, 4.69) is 20.8 Å². The van der Waals surface area contributed by atoms with E-state index in [0.29, 0.717) is 20.3 Å². The minimum absolute atomic E-state index is 0.00414. The minimum atomic E-state index is -0.377. The van der Waals surface area contributed by atoms with Crippen LogP contribution in [0, 0.1) is 0 Å². The van der Waals surface area contributed by atoms with Gasteiger partial charge in [-0.3, -0.25) is 4.79 Å². The summed E-state index contributed by atoms with van der Waals surface area (Å²) in [6.45, 7) is 6.50. The first-order valence-corrected chi connectivity index (χ1v) is 12.2. The predicted octanol–water partition coefficient (Wildman–Crippen LogP) is 7.21. The smallest absolute Gasteiger partial charge is 0.249 e. The highest BCUT2D eigenvalue weighted by Gasteiger charge is 2.41. The maximum Gasteiger partial charge on any atom is 0.249 e. The Hall–Kier alpha value is -0.910. The number of thioether (sulfide) groups is 1. The molecule has 1 aliphatic rings. The SMILES string of the molecule is CC[C@@H](CSC(C)C)N1C(=O)CO[C@H](c2cc(Cl)cc(Cl)c2)C1c1ccc(Cl)cc1. The number of rotatable bonds is 7. The number of morpholine rings is 1. The molecule has 162 valence electrons. The molecule has 0 saturated carbocycles. The van der Waals surface area contributed by atoms with E-state index >= 15 is 0 Å². The van der Waals surface area contributed by atoms with Crippen molar-refractivity contribution >= 4 is 52.5 Å². The zero-order chi connectivity index (χ0) is 21.8. The van der Waals surface area contributed by atoms with Crippen LogP contribution in [0.4, 0.5) is 0 Å². The van der Waals surface area contributed by atoms with Crippen molar-refractivity contribution < 1.29 is 9.53 Å². The molecule has 1 heterocycles. The van der Waals surface area contributed by atoms with Gasteiger partial charge >= 0.3 is 0 Å². The Morgan fingerprint density at radius 2 is 1.67 bits per heavy atom. The molecule has 3 nitrogen and oxygen atoms in total. The van der Waals surface area contributed by atoms with E-state index in [1.165, 1.54) is 0 Å². The molecule has 0 aliphatic carbocycles. The summed E-state index contributed by atoms with van der Waals surface area (Å²) in [6, 6.07) is 12.8. The van der Waals surface area contributed by atoms with Crippen LogP contribution in [0.3, 0.4) is 0 Å². The standard InChI is InChI=1S/C23H26Cl3NO2S/c1-4-20(13-30-14(2)3)27-21(28)12-29-23(16-9-18(25)11-19(26)10-16)22(27)15-5-7-17(24)8-6-15/h5-11,14,20,22-23H,4,12-13H2,1-3H3/t20-,22?,23+/m0/s1. The normalized spacial score (nSPS) is 20.6. The van der Waals surface area contributed by atoms with Crippen LogP contribution in [0.1, 0.15) is 50.5 Å². The van der Waals surface area contributed by atoms with Gasteiger partial charge in [0.1, 0.15) is 12.7 Å². The summed E-state index contributed by atoms with van der Waals surface area (Å²) >= 11 is 20.6. The van der Waals surface area contributed by atoms with Crippen LogP contribution in [0.5, 0.6) is 0 Å². The van der Waals surface area contributed by atoms with Crippen molar-refractivity contribution in [2.75, 3.05) is 12.4 Å². The monoisotopic (exact) mass is 485 g/mol. The lowest BCUT2D eigenvalue weighted by atomic mass is 9.91. The van der Waals surface area contributed by atoms with E-state index in [9.17, 15) is 4.79 Å². The second kappa shape index (κ2) is 10.6. The van der Waals surface area contributed by atoms with Gasteiger partial charge in [0.05, 0.1) is 6.04 Å². The maximum atomic E-state index is 13.1.